The zero-order valence-electron chi connectivity index (χ0n) is 82.3. The van der Waals surface area contributed by atoms with Crippen LogP contribution in [0.4, 0.5) is 40.7 Å². The van der Waals surface area contributed by atoms with Gasteiger partial charge in [-0.1, -0.05) is 61.3 Å². The number of hydrogen-bond donors (Lipinski definition) is 8. The van der Waals surface area contributed by atoms with Gasteiger partial charge in [-0.3, -0.25) is 0 Å². The lowest BCUT2D eigenvalue weighted by molar-refractivity contribution is 0.310. The number of aliphatic hydroxyl groups excluding tert-OH is 1. The number of ether oxygens (including phenoxy) is 10. The molecule has 0 aliphatic heterocycles. The van der Waals surface area contributed by atoms with Gasteiger partial charge in [0.15, 0.2) is 86.7 Å². The maximum absolute atomic E-state index is 9.00. The van der Waals surface area contributed by atoms with Gasteiger partial charge in [-0.2, -0.15) is 5.26 Å². The van der Waals surface area contributed by atoms with Gasteiger partial charge in [0, 0.05) is 127 Å². The first-order chi connectivity index (χ1) is 67.3. The maximum Gasteiger partial charge on any atom is 0.216 e. The Bertz CT molecular complexity index is 6510. The van der Waals surface area contributed by atoms with Crippen molar-refractivity contribution in [2.75, 3.05) is 86.5 Å². The molecule has 0 aromatic carbocycles. The molecule has 0 aliphatic rings. The van der Waals surface area contributed by atoms with E-state index in [1.165, 1.54) is 45.1 Å². The highest BCUT2D eigenvalue weighted by atomic mass is 79.9. The normalized spacial score (nSPS) is 10.5. The summed E-state index contributed by atoms with van der Waals surface area (Å²) in [5, 5.41) is 30.5. The van der Waals surface area contributed by atoms with E-state index in [1.807, 2.05) is 83.5 Å². The lowest BCUT2D eigenvalue weighted by Gasteiger charge is -2.17. The van der Waals surface area contributed by atoms with Gasteiger partial charge in [-0.05, 0) is 164 Å². The van der Waals surface area contributed by atoms with E-state index in [0.29, 0.717) is 174 Å². The van der Waals surface area contributed by atoms with Gasteiger partial charge in [-0.15, -0.1) is 6.42 Å². The number of anilines is 7. The molecule has 40 nitrogen and oxygen atoms in total. The standard InChI is InChI=1S/C16H21BrN4O.C15H19BrN4O2.C15H19BrN4O.C14H17BrN4O.C13H12N4O2.C12H11N5O2.C12H14N4O2/c1-9(2)12-7-19-15(17)6-13(12)22-14-8-18-11(5)21-16(14)20-10(3)4;1-9(2)11-7-19-14(16)6-12(11)22-13-8-18-10(3)20-15(13)17-4-5-21;1-5-17-15-13(8-18-10(4)20-15)21-12-6-14(16)19-7-11(12)9(2)3;1-8(2)10-6-18-13(15)5-11(10)20-12-7-17-9(3)19-14(12)16-4;1-4-9-6-16-12(18-3)5-10(9)19-11-7-15-8(2)17-13(11)14;1-7-15-6-10(12(14)17-7)19-9-3-11(18-2)16-5-8(9)4-13;1-7-5-15-11(17-3)4-9(7)18-10-6-14-8(2)16-12(10)13/h6-10H,1-5H3,(H,18,20,21);6-9,21H,4-5H2,1-3H3,(H,17,18,20);6-9H,5H2,1-4H3,(H,17,18,20);5-8H,1-4H3,(H,16,17,19);1,5-7H,2-3H3,(H2,14,15,17);3,5-6H,1-2H3,(H2,14,15,17);4-6H,1-3H3,(H2,13,14,16). The quantitative estimate of drug-likeness (QED) is 0.0159. The molecule has 0 unspecified atom stereocenters. The van der Waals surface area contributed by atoms with Crippen molar-refractivity contribution >= 4 is 104 Å². The smallest absolute Gasteiger partial charge is 0.216 e. The van der Waals surface area contributed by atoms with Gasteiger partial charge in [0.1, 0.15) is 105 Å². The van der Waals surface area contributed by atoms with Crippen molar-refractivity contribution in [3.05, 3.63) is 227 Å². The van der Waals surface area contributed by atoms with E-state index in [1.54, 1.807) is 97.4 Å². The van der Waals surface area contributed by atoms with Crippen LogP contribution in [-0.2, 0) is 0 Å². The number of nitrogen functional groups attached to an aromatic ring is 3. The predicted octanol–water partition coefficient (Wildman–Crippen LogP) is 21.0. The average Bonchev–Trinajstić information content (AvgIpc) is 0.815. The molecule has 0 aliphatic carbocycles. The fourth-order valence-corrected chi connectivity index (χ4v) is 12.9. The minimum Gasteiger partial charge on any atom is -0.481 e. The first kappa shape index (κ1) is 111. The van der Waals surface area contributed by atoms with Gasteiger partial charge < -0.3 is 90.9 Å². The van der Waals surface area contributed by atoms with Crippen molar-refractivity contribution < 1.29 is 52.5 Å². The van der Waals surface area contributed by atoms with Gasteiger partial charge in [-0.25, -0.2) is 105 Å². The van der Waals surface area contributed by atoms with E-state index in [9.17, 15) is 0 Å². The first-order valence-corrected chi connectivity index (χ1v) is 46.9. The SMILES string of the molecule is C#Cc1cnc(OC)cc1Oc1cnc(C)nc1N.CCNc1nc(C)ncc1Oc1cc(Br)ncc1C(C)C.CNc1nc(C)ncc1Oc1cc(Br)ncc1C(C)C.COc1cc(Oc2cnc(C)nc2N)c(C#N)cn1.COc1cc(Oc2cnc(C)nc2N)c(C)cn1.Cc1ncc(Oc2cc(Br)ncc2C(C)C)c(NC(C)C)n1.Cc1ncc(Oc2cc(Br)ncc2C(C)C)c(NCCO)n1. The van der Waals surface area contributed by atoms with Crippen molar-refractivity contribution in [2.45, 2.75) is 161 Å². The Morgan fingerprint density at radius 1 is 0.348 bits per heavy atom. The fourth-order valence-electron chi connectivity index (χ4n) is 11.7. The second-order valence-electron chi connectivity index (χ2n) is 31.5. The second kappa shape index (κ2) is 55.1. The predicted molar refractivity (Wildman–Crippen MR) is 553 cm³/mol. The Morgan fingerprint density at radius 2 is 0.631 bits per heavy atom. The molecule has 141 heavy (non-hydrogen) atoms. The summed E-state index contributed by atoms with van der Waals surface area (Å²) in [5.41, 5.74) is 23.0. The summed E-state index contributed by atoms with van der Waals surface area (Å²) in [7, 11) is 6.33. The fraction of sp³-hybridized carbons (Fsp3) is 0.320. The molecule has 44 heteroatoms. The molecule has 14 aromatic heterocycles. The van der Waals surface area contributed by atoms with E-state index in [0.717, 1.165) is 65.4 Å². The van der Waals surface area contributed by atoms with Crippen molar-refractivity contribution in [3.8, 4) is 117 Å². The molecule has 0 radical (unpaired) electrons. The van der Waals surface area contributed by atoms with Crippen LogP contribution in [-0.4, -0.2) is 164 Å². The highest BCUT2D eigenvalue weighted by molar-refractivity contribution is 9.11. The minimum absolute atomic E-state index is 0.0144. The number of aromatic nitrogens is 21. The lowest BCUT2D eigenvalue weighted by atomic mass is 10.1. The summed E-state index contributed by atoms with van der Waals surface area (Å²) in [6.07, 6.45) is 28.3. The van der Waals surface area contributed by atoms with E-state index in [-0.39, 0.29) is 47.3 Å². The van der Waals surface area contributed by atoms with Crippen LogP contribution >= 0.6 is 63.7 Å². The van der Waals surface area contributed by atoms with E-state index in [2.05, 4.69) is 265 Å². The Balaban J connectivity index is 0.000000202. The number of nitrogens with zero attached hydrogens (tertiary/aromatic N) is 22. The largest absolute Gasteiger partial charge is 0.481 e. The lowest BCUT2D eigenvalue weighted by Crippen LogP contribution is -2.13. The molecule has 0 amide bonds. The van der Waals surface area contributed by atoms with E-state index in [4.69, 9.17) is 81.4 Å². The molecule has 14 heterocycles. The summed E-state index contributed by atoms with van der Waals surface area (Å²) in [4.78, 5) is 87.4. The third-order valence-electron chi connectivity index (χ3n) is 18.7. The van der Waals surface area contributed by atoms with Crippen LogP contribution in [0.15, 0.2) is 148 Å². The summed E-state index contributed by atoms with van der Waals surface area (Å²) < 4.78 is 58.8. The molecule has 0 spiro atoms. The van der Waals surface area contributed by atoms with Crippen LogP contribution in [0.5, 0.6) is 98.1 Å². The van der Waals surface area contributed by atoms with Crippen LogP contribution < -0.4 is 85.8 Å². The molecule has 14 rings (SSSR count). The Labute approximate surface area is 852 Å². The van der Waals surface area contributed by atoms with Crippen molar-refractivity contribution in [3.63, 3.8) is 0 Å². The number of nitrogens with two attached hydrogens (primary N) is 3. The zero-order valence-corrected chi connectivity index (χ0v) is 88.7. The number of terminal acetylenes is 1. The van der Waals surface area contributed by atoms with Crippen molar-refractivity contribution in [2.24, 2.45) is 0 Å². The number of pyridine rings is 7. The van der Waals surface area contributed by atoms with Crippen LogP contribution in [0, 0.1) is 79.1 Å². The molecular formula is C97H113Br4N29O11. The average molecular weight is 2180 g/mol. The number of hydrogen-bond acceptors (Lipinski definition) is 40. The first-order valence-electron chi connectivity index (χ1n) is 43.7. The minimum atomic E-state index is 0.0144. The molecule has 14 aromatic rings. The zero-order chi connectivity index (χ0) is 103. The molecule has 0 fully saturated rings. The van der Waals surface area contributed by atoms with Gasteiger partial charge in [0.2, 0.25) is 17.6 Å². The van der Waals surface area contributed by atoms with Crippen LogP contribution in [0.3, 0.4) is 0 Å². The van der Waals surface area contributed by atoms with E-state index < -0.39 is 0 Å². The second-order valence-corrected chi connectivity index (χ2v) is 34.7. The van der Waals surface area contributed by atoms with Crippen LogP contribution in [0.2, 0.25) is 0 Å². The molecule has 0 saturated carbocycles. The third-order valence-corrected chi connectivity index (χ3v) is 20.4. The number of aryl methyl sites for hydroxylation is 8. The number of methoxy groups -OCH3 is 3. The number of halogens is 4. The van der Waals surface area contributed by atoms with Crippen LogP contribution in [0.1, 0.15) is 180 Å². The highest BCUT2D eigenvalue weighted by Gasteiger charge is 2.22. The number of nitrogens with one attached hydrogen (secondary N) is 4. The van der Waals surface area contributed by atoms with Gasteiger partial charge >= 0.3 is 0 Å². The Hall–Kier alpha value is -14.9. The summed E-state index contributed by atoms with van der Waals surface area (Å²) in [6.45, 7) is 38.6. The summed E-state index contributed by atoms with van der Waals surface area (Å²) >= 11 is 13.5. The molecule has 0 bridgehead atoms. The van der Waals surface area contributed by atoms with Gasteiger partial charge in [0.05, 0.1) is 89.3 Å². The summed E-state index contributed by atoms with van der Waals surface area (Å²) in [6, 6.07) is 14.4. The Morgan fingerprint density at radius 3 is 0.943 bits per heavy atom. The van der Waals surface area contributed by atoms with Gasteiger partial charge in [0.25, 0.3) is 0 Å². The molecule has 0 atom stereocenters. The Kier molecular flexibility index (Phi) is 43.5. The van der Waals surface area contributed by atoms with Crippen molar-refractivity contribution in [1.82, 2.24) is 105 Å². The monoisotopic (exact) mass is 2180 g/mol. The molecular weight excluding hydrogens is 2070 g/mol. The molecule has 11 N–H and O–H groups in total. The third kappa shape index (κ3) is 34.6. The van der Waals surface area contributed by atoms with Crippen molar-refractivity contribution in [1.29, 1.82) is 5.26 Å². The summed E-state index contributed by atoms with van der Waals surface area (Å²) in [5.74, 6) is 20.3. The van der Waals surface area contributed by atoms with Crippen LogP contribution in [0.25, 0.3) is 0 Å². The number of rotatable bonds is 29. The maximum atomic E-state index is 9.00. The molecule has 740 valence electrons. The van der Waals surface area contributed by atoms with E-state index >= 15 is 0 Å². The molecule has 0 saturated heterocycles. The topological polar surface area (TPSA) is 533 Å². The number of aliphatic hydroxyl groups is 1. The number of nitriles is 1. The highest BCUT2D eigenvalue weighted by Crippen LogP contribution is 2.41.